The first-order valence-corrected chi connectivity index (χ1v) is 3.74. The van der Waals surface area contributed by atoms with Gasteiger partial charge in [-0.15, -0.1) is 6.42 Å². The summed E-state index contributed by atoms with van der Waals surface area (Å²) in [6, 6.07) is -0.875. The predicted molar refractivity (Wildman–Crippen MR) is 46.9 cm³/mol. The molecule has 1 amide bonds. The molecule has 0 rings (SSSR count). The van der Waals surface area contributed by atoms with Gasteiger partial charge < -0.3 is 10.4 Å². The second-order valence-electron chi connectivity index (χ2n) is 2.44. The Kier molecular flexibility index (Phi) is 5.32. The minimum absolute atomic E-state index is 0.0296. The van der Waals surface area contributed by atoms with Gasteiger partial charge in [0, 0.05) is 0 Å². The lowest BCUT2D eigenvalue weighted by Crippen LogP contribution is -2.42. The van der Waals surface area contributed by atoms with Gasteiger partial charge in [0.25, 0.3) is 0 Å². The number of amides is 1. The lowest BCUT2D eigenvalue weighted by Gasteiger charge is -2.08. The van der Waals surface area contributed by atoms with Crippen molar-refractivity contribution in [2.24, 2.45) is 0 Å². The van der Waals surface area contributed by atoms with E-state index >= 15 is 0 Å². The van der Waals surface area contributed by atoms with E-state index in [1.807, 2.05) is 0 Å². The number of nitrogens with one attached hydrogen (secondary N) is 2. The zero-order chi connectivity index (χ0) is 10.3. The lowest BCUT2D eigenvalue weighted by molar-refractivity contribution is -0.141. The molecule has 0 radical (unpaired) electrons. The van der Waals surface area contributed by atoms with Crippen LogP contribution in [-0.2, 0) is 9.59 Å². The van der Waals surface area contributed by atoms with Gasteiger partial charge in [-0.3, -0.25) is 14.9 Å². The van der Waals surface area contributed by atoms with Crippen LogP contribution in [0.1, 0.15) is 6.92 Å². The first-order chi connectivity index (χ1) is 6.07. The van der Waals surface area contributed by atoms with Crippen molar-refractivity contribution in [2.45, 2.75) is 13.0 Å². The fraction of sp³-hybridized carbons (Fsp3) is 0.500. The molecular weight excluding hydrogens is 172 g/mol. The van der Waals surface area contributed by atoms with Crippen molar-refractivity contribution in [1.29, 1.82) is 0 Å². The number of carbonyl (C=O) groups is 2. The third-order valence-electron chi connectivity index (χ3n) is 1.26. The second-order valence-corrected chi connectivity index (χ2v) is 2.44. The highest BCUT2D eigenvalue weighted by molar-refractivity contribution is 5.84. The Hall–Kier alpha value is -1.54. The standard InChI is InChI=1S/C8H12N2O3/c1-3-4-9-5-7(11)10-6(2)8(12)13/h1,6,9H,4-5H2,2H3,(H,10,11)(H,12,13). The second kappa shape index (κ2) is 6.03. The summed E-state index contributed by atoms with van der Waals surface area (Å²) in [6.07, 6.45) is 4.93. The van der Waals surface area contributed by atoms with Gasteiger partial charge in [0.05, 0.1) is 13.1 Å². The molecule has 0 aliphatic rings. The number of carboxylic acids is 1. The van der Waals surface area contributed by atoms with Crippen LogP contribution in [-0.4, -0.2) is 36.1 Å². The SMILES string of the molecule is C#CCNCC(=O)NC(C)C(=O)O. The summed E-state index contributed by atoms with van der Waals surface area (Å²) in [5.41, 5.74) is 0. The Morgan fingerprint density at radius 2 is 2.23 bits per heavy atom. The van der Waals surface area contributed by atoms with Gasteiger partial charge in [0.15, 0.2) is 0 Å². The van der Waals surface area contributed by atoms with Crippen molar-refractivity contribution < 1.29 is 14.7 Å². The van der Waals surface area contributed by atoms with E-state index in [0.717, 1.165) is 0 Å². The van der Waals surface area contributed by atoms with Gasteiger partial charge >= 0.3 is 5.97 Å². The minimum Gasteiger partial charge on any atom is -0.480 e. The van der Waals surface area contributed by atoms with Crippen molar-refractivity contribution in [1.82, 2.24) is 10.6 Å². The van der Waals surface area contributed by atoms with E-state index in [0.29, 0.717) is 0 Å². The Morgan fingerprint density at radius 1 is 1.62 bits per heavy atom. The molecule has 0 aliphatic heterocycles. The van der Waals surface area contributed by atoms with Crippen LogP contribution in [0.25, 0.3) is 0 Å². The van der Waals surface area contributed by atoms with Gasteiger partial charge in [0.2, 0.25) is 5.91 Å². The number of carboxylic acid groups (broad SMARTS) is 1. The van der Waals surface area contributed by atoms with Crippen molar-refractivity contribution in [3.05, 3.63) is 0 Å². The molecule has 1 unspecified atom stereocenters. The Balaban J connectivity index is 3.63. The maximum atomic E-state index is 10.9. The summed E-state index contributed by atoms with van der Waals surface area (Å²) in [6.45, 7) is 1.71. The summed E-state index contributed by atoms with van der Waals surface area (Å²) in [5, 5.41) is 13.3. The molecule has 0 saturated heterocycles. The topological polar surface area (TPSA) is 78.4 Å². The highest BCUT2D eigenvalue weighted by atomic mass is 16.4. The molecule has 0 bridgehead atoms. The molecule has 0 fully saturated rings. The fourth-order valence-corrected chi connectivity index (χ4v) is 0.602. The Morgan fingerprint density at radius 3 is 2.69 bits per heavy atom. The van der Waals surface area contributed by atoms with Crippen molar-refractivity contribution in [2.75, 3.05) is 13.1 Å². The molecule has 0 aliphatic carbocycles. The molecule has 5 heteroatoms. The number of rotatable bonds is 5. The van der Waals surface area contributed by atoms with Crippen molar-refractivity contribution >= 4 is 11.9 Å². The van der Waals surface area contributed by atoms with Crippen molar-refractivity contribution in [3.8, 4) is 12.3 Å². The highest BCUT2D eigenvalue weighted by Crippen LogP contribution is 1.79. The van der Waals surface area contributed by atoms with Crippen LogP contribution < -0.4 is 10.6 Å². The third-order valence-corrected chi connectivity index (χ3v) is 1.26. The molecule has 13 heavy (non-hydrogen) atoms. The predicted octanol–water partition coefficient (Wildman–Crippen LogP) is -1.20. The molecule has 72 valence electrons. The summed E-state index contributed by atoms with van der Waals surface area (Å²) >= 11 is 0. The molecule has 0 saturated carbocycles. The molecule has 5 nitrogen and oxygen atoms in total. The first kappa shape index (κ1) is 11.5. The van der Waals surface area contributed by atoms with E-state index in [9.17, 15) is 9.59 Å². The Labute approximate surface area is 76.5 Å². The minimum atomic E-state index is -1.06. The molecule has 0 heterocycles. The lowest BCUT2D eigenvalue weighted by atomic mass is 10.3. The van der Waals surface area contributed by atoms with Gasteiger partial charge in [0.1, 0.15) is 6.04 Å². The van der Waals surface area contributed by atoms with Gasteiger partial charge in [-0.05, 0) is 6.92 Å². The summed E-state index contributed by atoms with van der Waals surface area (Å²) in [5.74, 6) is 0.843. The average Bonchev–Trinajstić information content (AvgIpc) is 2.04. The maximum Gasteiger partial charge on any atom is 0.325 e. The number of carbonyl (C=O) groups excluding carboxylic acids is 1. The van der Waals surface area contributed by atoms with Gasteiger partial charge in [-0.25, -0.2) is 0 Å². The van der Waals surface area contributed by atoms with E-state index in [4.69, 9.17) is 11.5 Å². The zero-order valence-corrected chi connectivity index (χ0v) is 7.33. The van der Waals surface area contributed by atoms with E-state index in [2.05, 4.69) is 16.6 Å². The van der Waals surface area contributed by atoms with E-state index in [1.54, 1.807) is 0 Å². The highest BCUT2D eigenvalue weighted by Gasteiger charge is 2.12. The largest absolute Gasteiger partial charge is 0.480 e. The van der Waals surface area contributed by atoms with E-state index in [-0.39, 0.29) is 19.0 Å². The van der Waals surface area contributed by atoms with Crippen LogP contribution in [0.15, 0.2) is 0 Å². The maximum absolute atomic E-state index is 10.9. The molecule has 3 N–H and O–H groups in total. The monoisotopic (exact) mass is 184 g/mol. The molecule has 0 aromatic heterocycles. The molecule has 0 aromatic carbocycles. The van der Waals surface area contributed by atoms with Crippen molar-refractivity contribution in [3.63, 3.8) is 0 Å². The molecule has 0 aromatic rings. The van der Waals surface area contributed by atoms with E-state index < -0.39 is 12.0 Å². The van der Waals surface area contributed by atoms with Gasteiger partial charge in [-0.1, -0.05) is 5.92 Å². The number of aliphatic carboxylic acids is 1. The van der Waals surface area contributed by atoms with Gasteiger partial charge in [-0.2, -0.15) is 0 Å². The summed E-state index contributed by atoms with van der Waals surface area (Å²) in [7, 11) is 0. The fourth-order valence-electron chi connectivity index (χ4n) is 0.602. The quantitative estimate of drug-likeness (QED) is 0.370. The van der Waals surface area contributed by atoms with Crippen LogP contribution in [0.5, 0.6) is 0 Å². The third kappa shape index (κ3) is 5.70. The number of hydrogen-bond acceptors (Lipinski definition) is 3. The molecule has 0 spiro atoms. The van der Waals surface area contributed by atoms with Crippen LogP contribution >= 0.6 is 0 Å². The van der Waals surface area contributed by atoms with Crippen LogP contribution in [0.3, 0.4) is 0 Å². The van der Waals surface area contributed by atoms with Crippen LogP contribution in [0, 0.1) is 12.3 Å². The average molecular weight is 184 g/mol. The smallest absolute Gasteiger partial charge is 0.325 e. The Bertz CT molecular complexity index is 232. The normalized spacial score (nSPS) is 11.4. The van der Waals surface area contributed by atoms with Crippen LogP contribution in [0.4, 0.5) is 0 Å². The molecule has 1 atom stereocenters. The number of hydrogen-bond donors (Lipinski definition) is 3. The summed E-state index contributed by atoms with van der Waals surface area (Å²) in [4.78, 5) is 21.2. The zero-order valence-electron chi connectivity index (χ0n) is 7.33. The van der Waals surface area contributed by atoms with Crippen LogP contribution in [0.2, 0.25) is 0 Å². The van der Waals surface area contributed by atoms with E-state index in [1.165, 1.54) is 6.92 Å². The summed E-state index contributed by atoms with van der Waals surface area (Å²) < 4.78 is 0. The number of terminal acetylenes is 1. The molecular formula is C8H12N2O3. The first-order valence-electron chi connectivity index (χ1n) is 3.74.